The SMILES string of the molecule is Cn1ccnc1COC(=O)c1ccc(Cl)c(S(=O)(=O)N2CCCCCC2)c1. The van der Waals surface area contributed by atoms with Crippen LogP contribution in [0.4, 0.5) is 0 Å². The summed E-state index contributed by atoms with van der Waals surface area (Å²) in [7, 11) is -1.96. The molecule has 0 atom stereocenters. The van der Waals surface area contributed by atoms with Gasteiger partial charge in [-0.1, -0.05) is 24.4 Å². The summed E-state index contributed by atoms with van der Waals surface area (Å²) < 4.78 is 34.4. The number of esters is 1. The van der Waals surface area contributed by atoms with Gasteiger partial charge in [0.15, 0.2) is 0 Å². The molecule has 146 valence electrons. The van der Waals surface area contributed by atoms with E-state index in [1.54, 1.807) is 24.0 Å². The Balaban J connectivity index is 1.80. The van der Waals surface area contributed by atoms with Crippen LogP contribution >= 0.6 is 11.6 Å². The van der Waals surface area contributed by atoms with E-state index in [1.165, 1.54) is 22.5 Å². The normalized spacial score (nSPS) is 16.1. The molecule has 2 heterocycles. The molecule has 0 unspecified atom stereocenters. The number of aromatic nitrogens is 2. The topological polar surface area (TPSA) is 81.5 Å². The molecule has 0 spiro atoms. The number of rotatable bonds is 5. The molecule has 1 saturated heterocycles. The fraction of sp³-hybridized carbons (Fsp3) is 0.444. The quantitative estimate of drug-likeness (QED) is 0.706. The Kier molecular flexibility index (Phi) is 6.18. The Morgan fingerprint density at radius 2 is 1.93 bits per heavy atom. The molecular formula is C18H22ClN3O4S. The Labute approximate surface area is 164 Å². The van der Waals surface area contributed by atoms with Crippen LogP contribution < -0.4 is 0 Å². The third-order valence-electron chi connectivity index (χ3n) is 4.60. The van der Waals surface area contributed by atoms with E-state index in [1.807, 2.05) is 0 Å². The zero-order valence-corrected chi connectivity index (χ0v) is 16.7. The molecule has 0 bridgehead atoms. The van der Waals surface area contributed by atoms with E-state index in [9.17, 15) is 13.2 Å². The van der Waals surface area contributed by atoms with Gasteiger partial charge in [-0.15, -0.1) is 0 Å². The van der Waals surface area contributed by atoms with E-state index in [4.69, 9.17) is 16.3 Å². The molecule has 1 aliphatic heterocycles. The van der Waals surface area contributed by atoms with Gasteiger partial charge in [0.1, 0.15) is 17.3 Å². The van der Waals surface area contributed by atoms with E-state index in [2.05, 4.69) is 4.98 Å². The highest BCUT2D eigenvalue weighted by atomic mass is 35.5. The Morgan fingerprint density at radius 3 is 2.56 bits per heavy atom. The molecule has 1 aromatic heterocycles. The van der Waals surface area contributed by atoms with Gasteiger partial charge in [0.05, 0.1) is 10.6 Å². The average molecular weight is 412 g/mol. The standard InChI is InChI=1S/C18H22ClN3O4S/c1-21-11-8-20-17(21)13-26-18(23)14-6-7-15(19)16(12-14)27(24,25)22-9-4-2-3-5-10-22/h6-8,11-12H,2-5,9-10,13H2,1H3. The second kappa shape index (κ2) is 8.41. The average Bonchev–Trinajstić information content (AvgIpc) is 2.87. The first-order chi connectivity index (χ1) is 12.9. The lowest BCUT2D eigenvalue weighted by Crippen LogP contribution is -2.32. The van der Waals surface area contributed by atoms with Crippen LogP contribution in [0.15, 0.2) is 35.5 Å². The summed E-state index contributed by atoms with van der Waals surface area (Å²) in [6.07, 6.45) is 7.03. The fourth-order valence-corrected chi connectivity index (χ4v) is 5.02. The molecule has 0 N–H and O–H groups in total. The number of carbonyl (C=O) groups is 1. The van der Waals surface area contributed by atoms with Gasteiger partial charge >= 0.3 is 5.97 Å². The van der Waals surface area contributed by atoms with Crippen LogP contribution in [0.2, 0.25) is 5.02 Å². The number of benzene rings is 1. The molecule has 2 aromatic rings. The number of imidazole rings is 1. The van der Waals surface area contributed by atoms with Gasteiger partial charge in [-0.3, -0.25) is 0 Å². The molecular weight excluding hydrogens is 390 g/mol. The van der Waals surface area contributed by atoms with Gasteiger partial charge in [-0.25, -0.2) is 18.2 Å². The molecule has 0 amide bonds. The summed E-state index contributed by atoms with van der Waals surface area (Å²) in [5, 5.41) is 0.0971. The second-order valence-electron chi connectivity index (χ2n) is 6.49. The number of aryl methyl sites for hydroxylation is 1. The van der Waals surface area contributed by atoms with Crippen molar-refractivity contribution in [3.05, 3.63) is 47.0 Å². The molecule has 27 heavy (non-hydrogen) atoms. The first-order valence-corrected chi connectivity index (χ1v) is 10.6. The van der Waals surface area contributed by atoms with Crippen LogP contribution in [0.1, 0.15) is 41.9 Å². The van der Waals surface area contributed by atoms with Gasteiger partial charge in [-0.2, -0.15) is 4.31 Å². The lowest BCUT2D eigenvalue weighted by atomic mass is 10.2. The summed E-state index contributed by atoms with van der Waals surface area (Å²) in [6.45, 7) is 0.929. The van der Waals surface area contributed by atoms with Crippen molar-refractivity contribution in [1.82, 2.24) is 13.9 Å². The van der Waals surface area contributed by atoms with Crippen LogP contribution in [0, 0.1) is 0 Å². The van der Waals surface area contributed by atoms with Gasteiger partial charge in [0, 0.05) is 32.5 Å². The van der Waals surface area contributed by atoms with Crippen molar-refractivity contribution in [3.8, 4) is 0 Å². The maximum atomic E-state index is 13.0. The van der Waals surface area contributed by atoms with Crippen molar-refractivity contribution >= 4 is 27.6 Å². The molecule has 9 heteroatoms. The minimum atomic E-state index is -3.76. The summed E-state index contributed by atoms with van der Waals surface area (Å²) >= 11 is 6.15. The minimum absolute atomic E-state index is 0.000825. The summed E-state index contributed by atoms with van der Waals surface area (Å²) in [6, 6.07) is 4.18. The maximum absolute atomic E-state index is 13.0. The second-order valence-corrected chi connectivity index (χ2v) is 8.81. The van der Waals surface area contributed by atoms with E-state index in [-0.39, 0.29) is 22.1 Å². The summed E-state index contributed by atoms with van der Waals surface area (Å²) in [4.78, 5) is 16.4. The monoisotopic (exact) mass is 411 g/mol. The van der Waals surface area contributed by atoms with Gasteiger partial charge in [-0.05, 0) is 31.0 Å². The van der Waals surface area contributed by atoms with Crippen LogP contribution in [0.3, 0.4) is 0 Å². The zero-order valence-electron chi connectivity index (χ0n) is 15.1. The molecule has 7 nitrogen and oxygen atoms in total. The number of sulfonamides is 1. The van der Waals surface area contributed by atoms with Crippen molar-refractivity contribution in [2.75, 3.05) is 13.1 Å². The smallest absolute Gasteiger partial charge is 0.338 e. The molecule has 0 aliphatic carbocycles. The zero-order chi connectivity index (χ0) is 19.4. The van der Waals surface area contributed by atoms with Gasteiger partial charge in [0.25, 0.3) is 0 Å². The van der Waals surface area contributed by atoms with E-state index in [0.717, 1.165) is 25.7 Å². The van der Waals surface area contributed by atoms with Crippen LogP contribution in [-0.4, -0.2) is 41.3 Å². The van der Waals surface area contributed by atoms with Gasteiger partial charge < -0.3 is 9.30 Å². The molecule has 0 radical (unpaired) electrons. The number of nitrogens with zero attached hydrogens (tertiary/aromatic N) is 3. The number of ether oxygens (including phenoxy) is 1. The number of halogens is 1. The van der Waals surface area contributed by atoms with Crippen LogP contribution in [-0.2, 0) is 28.4 Å². The summed E-state index contributed by atoms with van der Waals surface area (Å²) in [5.41, 5.74) is 0.141. The lowest BCUT2D eigenvalue weighted by molar-refractivity contribution is 0.0459. The maximum Gasteiger partial charge on any atom is 0.338 e. The first kappa shape index (κ1) is 19.9. The highest BCUT2D eigenvalue weighted by Crippen LogP contribution is 2.28. The number of carbonyl (C=O) groups excluding carboxylic acids is 1. The van der Waals surface area contributed by atoms with Crippen LogP contribution in [0.25, 0.3) is 0 Å². The molecule has 3 rings (SSSR count). The number of hydrogen-bond acceptors (Lipinski definition) is 5. The van der Waals surface area contributed by atoms with Crippen molar-refractivity contribution in [3.63, 3.8) is 0 Å². The molecule has 0 saturated carbocycles. The Morgan fingerprint density at radius 1 is 1.22 bits per heavy atom. The molecule has 1 aromatic carbocycles. The third kappa shape index (κ3) is 4.51. The van der Waals surface area contributed by atoms with Crippen molar-refractivity contribution in [2.24, 2.45) is 7.05 Å². The highest BCUT2D eigenvalue weighted by Gasteiger charge is 2.28. The van der Waals surface area contributed by atoms with Gasteiger partial charge in [0.2, 0.25) is 10.0 Å². The predicted octanol–water partition coefficient (Wildman–Crippen LogP) is 3.00. The molecule has 1 aliphatic rings. The van der Waals surface area contributed by atoms with E-state index in [0.29, 0.717) is 18.9 Å². The minimum Gasteiger partial charge on any atom is -0.454 e. The lowest BCUT2D eigenvalue weighted by Gasteiger charge is -2.21. The Bertz CT molecular complexity index is 918. The fourth-order valence-electron chi connectivity index (χ4n) is 3.00. The van der Waals surface area contributed by atoms with Crippen LogP contribution in [0.5, 0.6) is 0 Å². The number of hydrogen-bond donors (Lipinski definition) is 0. The largest absolute Gasteiger partial charge is 0.454 e. The van der Waals surface area contributed by atoms with Crippen molar-refractivity contribution in [1.29, 1.82) is 0 Å². The van der Waals surface area contributed by atoms with E-state index < -0.39 is 16.0 Å². The van der Waals surface area contributed by atoms with E-state index >= 15 is 0 Å². The van der Waals surface area contributed by atoms with Crippen molar-refractivity contribution in [2.45, 2.75) is 37.2 Å². The summed E-state index contributed by atoms with van der Waals surface area (Å²) in [5.74, 6) is -0.0308. The Hall–Kier alpha value is -1.90. The third-order valence-corrected chi connectivity index (χ3v) is 6.98. The predicted molar refractivity (Wildman–Crippen MR) is 101 cm³/mol. The molecule has 1 fully saturated rings. The first-order valence-electron chi connectivity index (χ1n) is 8.82. The highest BCUT2D eigenvalue weighted by molar-refractivity contribution is 7.89. The van der Waals surface area contributed by atoms with Crippen molar-refractivity contribution < 1.29 is 17.9 Å².